The van der Waals surface area contributed by atoms with Crippen molar-refractivity contribution in [3.05, 3.63) is 36.5 Å². The molecule has 0 N–H and O–H groups in total. The van der Waals surface area contributed by atoms with E-state index in [2.05, 4.69) is 57.2 Å². The molecule has 0 heterocycles. The minimum absolute atomic E-state index is 0.0757. The van der Waals surface area contributed by atoms with Crippen LogP contribution in [0.2, 0.25) is 0 Å². The summed E-state index contributed by atoms with van der Waals surface area (Å²) in [4.78, 5) is 37.9. The summed E-state index contributed by atoms with van der Waals surface area (Å²) in [6.45, 7) is 6.59. The van der Waals surface area contributed by atoms with Crippen molar-refractivity contribution in [2.24, 2.45) is 0 Å². The van der Waals surface area contributed by atoms with Crippen LogP contribution in [0.3, 0.4) is 0 Å². The molecule has 0 amide bonds. The Morgan fingerprint density at radius 3 is 0.967 bits per heavy atom. The predicted octanol–water partition coefficient (Wildman–Crippen LogP) is 16.9. The quantitative estimate of drug-likeness (QED) is 0.0263. The SMILES string of the molecule is CCCCC/C=C\C/C=C\CCCCCCCCCC(=O)OC[C@@H](COC(=O)CCCCCCCCCCC)OC(=O)CCCCCCC/C=C\CCCCCCCCC. The van der Waals surface area contributed by atoms with E-state index in [1.807, 2.05) is 0 Å². The lowest BCUT2D eigenvalue weighted by Crippen LogP contribution is -2.30. The lowest BCUT2D eigenvalue weighted by molar-refractivity contribution is -0.167. The van der Waals surface area contributed by atoms with Gasteiger partial charge in [0.1, 0.15) is 13.2 Å². The molecule has 0 bridgehead atoms. The van der Waals surface area contributed by atoms with Crippen molar-refractivity contribution in [1.29, 1.82) is 0 Å². The van der Waals surface area contributed by atoms with Gasteiger partial charge in [-0.3, -0.25) is 14.4 Å². The fraction of sp³-hybridized carbons (Fsp3) is 0.833. The van der Waals surface area contributed by atoms with E-state index in [1.54, 1.807) is 0 Å². The number of ether oxygens (including phenoxy) is 3. The van der Waals surface area contributed by atoms with E-state index in [4.69, 9.17) is 14.2 Å². The van der Waals surface area contributed by atoms with Gasteiger partial charge in [0.25, 0.3) is 0 Å². The highest BCUT2D eigenvalue weighted by Crippen LogP contribution is 2.15. The maximum atomic E-state index is 12.8. The Morgan fingerprint density at radius 1 is 0.333 bits per heavy atom. The highest BCUT2D eigenvalue weighted by atomic mass is 16.6. The van der Waals surface area contributed by atoms with Crippen LogP contribution >= 0.6 is 0 Å². The number of hydrogen-bond acceptors (Lipinski definition) is 6. The molecule has 1 atom stereocenters. The van der Waals surface area contributed by atoms with Crippen LogP contribution in [-0.2, 0) is 28.6 Å². The van der Waals surface area contributed by atoms with Gasteiger partial charge in [-0.15, -0.1) is 0 Å². The Balaban J connectivity index is 4.33. The smallest absolute Gasteiger partial charge is 0.306 e. The zero-order valence-corrected chi connectivity index (χ0v) is 40.0. The summed E-state index contributed by atoms with van der Waals surface area (Å²) in [6.07, 6.45) is 57.0. The summed E-state index contributed by atoms with van der Waals surface area (Å²) < 4.78 is 16.8. The fourth-order valence-electron chi connectivity index (χ4n) is 7.41. The van der Waals surface area contributed by atoms with Gasteiger partial charge >= 0.3 is 17.9 Å². The Kier molecular flexibility index (Phi) is 47.3. The van der Waals surface area contributed by atoms with Crippen LogP contribution in [-0.4, -0.2) is 37.2 Å². The maximum absolute atomic E-state index is 12.8. The number of carbonyl (C=O) groups is 3. The van der Waals surface area contributed by atoms with Gasteiger partial charge in [-0.05, 0) is 77.0 Å². The number of rotatable bonds is 47. The fourth-order valence-corrected chi connectivity index (χ4v) is 7.41. The first-order valence-corrected chi connectivity index (χ1v) is 26.0. The summed E-state index contributed by atoms with van der Waals surface area (Å²) in [6, 6.07) is 0. The second-order valence-electron chi connectivity index (χ2n) is 17.4. The Morgan fingerprint density at radius 2 is 0.600 bits per heavy atom. The number of unbranched alkanes of at least 4 members (excludes halogenated alkanes) is 30. The van der Waals surface area contributed by atoms with Crippen LogP contribution in [0, 0.1) is 0 Å². The third-order valence-corrected chi connectivity index (χ3v) is 11.4. The first kappa shape index (κ1) is 57.6. The molecule has 0 aliphatic heterocycles. The number of allylic oxidation sites excluding steroid dienone is 6. The highest BCUT2D eigenvalue weighted by Gasteiger charge is 2.19. The highest BCUT2D eigenvalue weighted by molar-refractivity contribution is 5.71. The van der Waals surface area contributed by atoms with E-state index in [0.717, 1.165) is 77.0 Å². The summed E-state index contributed by atoms with van der Waals surface area (Å²) in [5.41, 5.74) is 0. The van der Waals surface area contributed by atoms with Gasteiger partial charge in [0.05, 0.1) is 0 Å². The molecule has 0 aliphatic carbocycles. The van der Waals surface area contributed by atoms with E-state index in [1.165, 1.54) is 154 Å². The maximum Gasteiger partial charge on any atom is 0.306 e. The molecule has 0 radical (unpaired) electrons. The van der Waals surface area contributed by atoms with Gasteiger partial charge in [-0.25, -0.2) is 0 Å². The van der Waals surface area contributed by atoms with Crippen molar-refractivity contribution in [3.63, 3.8) is 0 Å². The van der Waals surface area contributed by atoms with Gasteiger partial charge in [-0.1, -0.05) is 211 Å². The molecule has 0 fully saturated rings. The zero-order chi connectivity index (χ0) is 43.7. The Hall–Kier alpha value is -2.37. The molecule has 0 unspecified atom stereocenters. The third-order valence-electron chi connectivity index (χ3n) is 11.4. The van der Waals surface area contributed by atoms with Crippen LogP contribution in [0.25, 0.3) is 0 Å². The summed E-state index contributed by atoms with van der Waals surface area (Å²) in [5.74, 6) is -0.886. The van der Waals surface area contributed by atoms with Crippen molar-refractivity contribution in [1.82, 2.24) is 0 Å². The second kappa shape index (κ2) is 49.3. The average molecular weight is 843 g/mol. The molecule has 0 saturated heterocycles. The molecule has 0 rings (SSSR count). The molecule has 0 saturated carbocycles. The molecular formula is C54H98O6. The zero-order valence-electron chi connectivity index (χ0n) is 40.0. The number of esters is 3. The first-order valence-electron chi connectivity index (χ1n) is 26.0. The van der Waals surface area contributed by atoms with Crippen molar-refractivity contribution in [2.45, 2.75) is 277 Å². The Bertz CT molecular complexity index is 1020. The summed E-state index contributed by atoms with van der Waals surface area (Å²) >= 11 is 0. The standard InChI is InChI=1S/C54H98O6/c1-4-7-10-13-16-19-21-23-25-27-29-30-32-35-38-41-44-47-53(56)59-50-51(49-58-52(55)46-43-40-37-34-18-15-12-9-6-3)60-54(57)48-45-42-39-36-33-31-28-26-24-22-20-17-14-11-8-5-2/h16,19,23,25-26,28,51H,4-15,17-18,20-22,24,27,29-50H2,1-3H3/b19-16-,25-23-,28-26-/t51-/m1/s1. The topological polar surface area (TPSA) is 78.9 Å². The molecule has 6 nitrogen and oxygen atoms in total. The lowest BCUT2D eigenvalue weighted by Gasteiger charge is -2.18. The Labute approximate surface area is 372 Å². The first-order chi connectivity index (χ1) is 29.5. The normalized spacial score (nSPS) is 12.2. The van der Waals surface area contributed by atoms with Crippen LogP contribution in [0.4, 0.5) is 0 Å². The third kappa shape index (κ3) is 46.7. The van der Waals surface area contributed by atoms with Crippen LogP contribution in [0.15, 0.2) is 36.5 Å². The molecule has 0 aromatic rings. The molecule has 6 heteroatoms. The van der Waals surface area contributed by atoms with Crippen molar-refractivity contribution < 1.29 is 28.6 Å². The van der Waals surface area contributed by atoms with Crippen LogP contribution in [0.5, 0.6) is 0 Å². The molecular weight excluding hydrogens is 745 g/mol. The summed E-state index contributed by atoms with van der Waals surface area (Å²) in [7, 11) is 0. The summed E-state index contributed by atoms with van der Waals surface area (Å²) in [5, 5.41) is 0. The van der Waals surface area contributed by atoms with E-state index in [9.17, 15) is 14.4 Å². The van der Waals surface area contributed by atoms with E-state index in [0.29, 0.717) is 19.3 Å². The van der Waals surface area contributed by atoms with E-state index >= 15 is 0 Å². The van der Waals surface area contributed by atoms with Gasteiger partial charge in [0.15, 0.2) is 6.10 Å². The molecule has 60 heavy (non-hydrogen) atoms. The molecule has 0 spiro atoms. The predicted molar refractivity (Wildman–Crippen MR) is 256 cm³/mol. The van der Waals surface area contributed by atoms with E-state index in [-0.39, 0.29) is 31.1 Å². The molecule has 0 aliphatic rings. The minimum atomic E-state index is -0.775. The van der Waals surface area contributed by atoms with Gasteiger partial charge in [-0.2, -0.15) is 0 Å². The van der Waals surface area contributed by atoms with Crippen LogP contribution in [0.1, 0.15) is 271 Å². The molecule has 0 aromatic carbocycles. The minimum Gasteiger partial charge on any atom is -0.462 e. The number of carbonyl (C=O) groups excluding carboxylic acids is 3. The largest absolute Gasteiger partial charge is 0.462 e. The average Bonchev–Trinajstić information content (AvgIpc) is 3.24. The molecule has 0 aromatic heterocycles. The van der Waals surface area contributed by atoms with Gasteiger partial charge in [0.2, 0.25) is 0 Å². The van der Waals surface area contributed by atoms with Crippen LogP contribution < -0.4 is 0 Å². The van der Waals surface area contributed by atoms with E-state index < -0.39 is 6.10 Å². The van der Waals surface area contributed by atoms with Crippen molar-refractivity contribution in [2.75, 3.05) is 13.2 Å². The van der Waals surface area contributed by atoms with Crippen molar-refractivity contribution in [3.8, 4) is 0 Å². The second-order valence-corrected chi connectivity index (χ2v) is 17.4. The van der Waals surface area contributed by atoms with Crippen molar-refractivity contribution >= 4 is 17.9 Å². The van der Waals surface area contributed by atoms with Gasteiger partial charge in [0, 0.05) is 19.3 Å². The lowest BCUT2D eigenvalue weighted by atomic mass is 10.1. The molecule has 350 valence electrons. The monoisotopic (exact) mass is 843 g/mol. The number of hydrogen-bond donors (Lipinski definition) is 0. The van der Waals surface area contributed by atoms with Gasteiger partial charge < -0.3 is 14.2 Å².